The molecule has 0 aromatic carbocycles. The van der Waals surface area contributed by atoms with E-state index >= 15 is 0 Å². The van der Waals surface area contributed by atoms with Crippen molar-refractivity contribution in [3.05, 3.63) is 45.7 Å². The summed E-state index contributed by atoms with van der Waals surface area (Å²) < 4.78 is 0. The molecule has 3 fully saturated rings. The maximum atomic E-state index is 11.2. The molecular weight excluding hydrogens is 467 g/mol. The van der Waals surface area contributed by atoms with Gasteiger partial charge in [0, 0.05) is 9.59 Å². The average Bonchev–Trinajstić information content (AvgIpc) is 2.81. The third-order valence-electron chi connectivity index (χ3n) is 6.77. The molecule has 6 unspecified atom stereocenters. The zero-order valence-corrected chi connectivity index (χ0v) is 20.2. The maximum absolute atomic E-state index is 11.2. The van der Waals surface area contributed by atoms with E-state index in [0.29, 0.717) is 0 Å². The Balaban J connectivity index is 0.000000227. The summed E-state index contributed by atoms with van der Waals surface area (Å²) in [5.74, 6) is -1.25. The predicted octanol–water partition coefficient (Wildman–Crippen LogP) is 4.00. The Kier molecular flexibility index (Phi) is 12.5. The van der Waals surface area contributed by atoms with E-state index in [1.807, 2.05) is 18.2 Å². The van der Waals surface area contributed by atoms with Gasteiger partial charge >= 0.3 is 28.4 Å². The first-order chi connectivity index (χ1) is 15.5. The molecule has 0 aromatic rings. The van der Waals surface area contributed by atoms with Crippen molar-refractivity contribution in [2.24, 2.45) is 11.8 Å². The van der Waals surface area contributed by atoms with Crippen LogP contribution in [0.2, 0.25) is 0 Å². The van der Waals surface area contributed by atoms with E-state index in [4.69, 9.17) is 15.5 Å². The molecule has 0 spiro atoms. The third kappa shape index (κ3) is 9.04. The minimum Gasteiger partial charge on any atom is -0.702 e. The van der Waals surface area contributed by atoms with Gasteiger partial charge in [0.15, 0.2) is 0 Å². The summed E-state index contributed by atoms with van der Waals surface area (Å²) in [6, 6.07) is 0.0641. The first-order valence-electron chi connectivity index (χ1n) is 12.2. The standard InChI is InChI=1S/C12H20N2O2.C12H16N2O2.Ni/c2*15-12(16)9-5-1-2-6-10(9)14-11-7-3-4-8-13-11;/h9-11H,1-8H2,(H,15,16);3-4,7-11H,1-2,5-6H2,(H,15,16);/q2*-2;+2/p+2. The minimum atomic E-state index is -0.469. The maximum Gasteiger partial charge on any atom is 2.00 e. The Bertz CT molecular complexity index is 669. The van der Waals surface area contributed by atoms with Gasteiger partial charge in [-0.3, -0.25) is 0 Å². The number of hydrogen-bond acceptors (Lipinski definition) is 2. The van der Waals surface area contributed by atoms with Gasteiger partial charge in [-0.1, -0.05) is 69.9 Å². The molecule has 0 bridgehead atoms. The second-order valence-corrected chi connectivity index (χ2v) is 9.11. The number of piperidine rings is 1. The first-order valence-corrected chi connectivity index (χ1v) is 12.2. The van der Waals surface area contributed by atoms with Crippen molar-refractivity contribution in [2.75, 3.05) is 6.54 Å². The fourth-order valence-electron chi connectivity index (χ4n) is 4.99. The SMILES string of the molecule is O=C([OH2+])C1CCCCC1[N-]C1C=CC=C[N-]1.O=C([OH2+])C1CCCCC1[N-]C1CCCC[N-]1.[Ni+2]. The zero-order chi connectivity index (χ0) is 22.8. The van der Waals surface area contributed by atoms with E-state index in [1.54, 1.807) is 6.20 Å². The first kappa shape index (κ1) is 27.8. The molecule has 9 heteroatoms. The fourth-order valence-corrected chi connectivity index (χ4v) is 4.99. The van der Waals surface area contributed by atoms with Crippen LogP contribution in [0.1, 0.15) is 70.6 Å². The summed E-state index contributed by atoms with van der Waals surface area (Å²) in [5, 5.41) is 32.5. The largest absolute Gasteiger partial charge is 2.00 e. The number of carbonyl (C=O) groups is 2. The monoisotopic (exact) mass is 504 g/mol. The van der Waals surface area contributed by atoms with Crippen molar-refractivity contribution in [1.29, 1.82) is 0 Å². The number of hydrogen-bond donors (Lipinski definition) is 0. The summed E-state index contributed by atoms with van der Waals surface area (Å²) >= 11 is 0. The van der Waals surface area contributed by atoms with Gasteiger partial charge < -0.3 is 31.5 Å². The van der Waals surface area contributed by atoms with Crippen molar-refractivity contribution in [3.63, 3.8) is 0 Å². The van der Waals surface area contributed by atoms with Crippen LogP contribution in [0.5, 0.6) is 0 Å². The van der Waals surface area contributed by atoms with Crippen LogP contribution in [-0.4, -0.2) is 53.1 Å². The van der Waals surface area contributed by atoms with Gasteiger partial charge in [0.05, 0.1) is 11.8 Å². The average molecular weight is 505 g/mol. The van der Waals surface area contributed by atoms with Gasteiger partial charge in [0.2, 0.25) is 0 Å². The van der Waals surface area contributed by atoms with Crippen LogP contribution in [0, 0.1) is 11.8 Å². The second kappa shape index (κ2) is 14.8. The molecule has 0 radical (unpaired) electrons. The Morgan fingerprint density at radius 2 is 1.33 bits per heavy atom. The van der Waals surface area contributed by atoms with Crippen molar-refractivity contribution in [1.82, 2.24) is 0 Å². The van der Waals surface area contributed by atoms with E-state index in [2.05, 4.69) is 16.0 Å². The molecule has 4 N–H and O–H groups in total. The molecule has 4 rings (SSSR count). The van der Waals surface area contributed by atoms with Crippen LogP contribution in [-0.2, 0) is 26.1 Å². The molecule has 8 nitrogen and oxygen atoms in total. The van der Waals surface area contributed by atoms with Crippen LogP contribution in [0.25, 0.3) is 21.3 Å². The Hall–Kier alpha value is -1.41. The molecule has 6 atom stereocenters. The Morgan fingerprint density at radius 1 is 0.758 bits per heavy atom. The minimum absolute atomic E-state index is 0. The normalized spacial score (nSPS) is 33.6. The molecule has 0 amide bonds. The molecule has 2 saturated carbocycles. The van der Waals surface area contributed by atoms with Crippen LogP contribution in [0.4, 0.5) is 0 Å². The Morgan fingerprint density at radius 3 is 1.85 bits per heavy atom. The molecule has 1 saturated heterocycles. The van der Waals surface area contributed by atoms with Crippen LogP contribution in [0.3, 0.4) is 0 Å². The van der Waals surface area contributed by atoms with Crippen LogP contribution in [0.15, 0.2) is 24.4 Å². The quantitative estimate of drug-likeness (QED) is 0.398. The smallest absolute Gasteiger partial charge is 0.702 e. The molecule has 2 heterocycles. The van der Waals surface area contributed by atoms with E-state index in [-0.39, 0.29) is 52.7 Å². The predicted molar refractivity (Wildman–Crippen MR) is 127 cm³/mol. The topological polar surface area (TPSA) is 136 Å². The summed E-state index contributed by atoms with van der Waals surface area (Å²) in [5.41, 5.74) is 0. The van der Waals surface area contributed by atoms with E-state index < -0.39 is 11.9 Å². The number of nitrogens with zero attached hydrogens (tertiary/aromatic N) is 4. The number of allylic oxidation sites excluding steroid dienone is 2. The van der Waals surface area contributed by atoms with E-state index in [0.717, 1.165) is 64.3 Å². The molecular formula is C24H38N4NiO4. The molecule has 0 aromatic heterocycles. The van der Waals surface area contributed by atoms with E-state index in [9.17, 15) is 9.59 Å². The fraction of sp³-hybridized carbons (Fsp3) is 0.750. The van der Waals surface area contributed by atoms with Crippen molar-refractivity contribution < 1.29 is 36.3 Å². The molecule has 4 aliphatic rings. The molecule has 188 valence electrons. The summed E-state index contributed by atoms with van der Waals surface area (Å²) in [6.45, 7) is 0.917. The zero-order valence-electron chi connectivity index (χ0n) is 19.2. The summed E-state index contributed by atoms with van der Waals surface area (Å²) in [7, 11) is 0. The number of rotatable bonds is 6. The molecule has 33 heavy (non-hydrogen) atoms. The second-order valence-electron chi connectivity index (χ2n) is 9.11. The van der Waals surface area contributed by atoms with Gasteiger partial charge in [-0.05, 0) is 12.8 Å². The van der Waals surface area contributed by atoms with Gasteiger partial charge in [0.1, 0.15) is 0 Å². The Labute approximate surface area is 207 Å². The molecule has 2 aliphatic heterocycles. The van der Waals surface area contributed by atoms with E-state index in [1.165, 1.54) is 12.8 Å². The van der Waals surface area contributed by atoms with Crippen LogP contribution < -0.4 is 0 Å². The third-order valence-corrected chi connectivity index (χ3v) is 6.77. The molecule has 2 aliphatic carbocycles. The van der Waals surface area contributed by atoms with Gasteiger partial charge in [-0.2, -0.15) is 6.20 Å². The summed E-state index contributed by atoms with van der Waals surface area (Å²) in [6.07, 6.45) is 18.7. The van der Waals surface area contributed by atoms with Crippen molar-refractivity contribution in [2.45, 2.75) is 95.0 Å². The van der Waals surface area contributed by atoms with Gasteiger partial charge in [-0.15, -0.1) is 24.7 Å². The number of carbonyl (C=O) groups excluding carboxylic acids is 2. The van der Waals surface area contributed by atoms with Crippen molar-refractivity contribution >= 4 is 11.9 Å². The van der Waals surface area contributed by atoms with Crippen LogP contribution >= 0.6 is 0 Å². The van der Waals surface area contributed by atoms with Crippen molar-refractivity contribution in [3.8, 4) is 0 Å². The van der Waals surface area contributed by atoms with Gasteiger partial charge in [0.25, 0.3) is 0 Å². The van der Waals surface area contributed by atoms with Gasteiger partial charge in [-0.25, -0.2) is 12.3 Å². The summed E-state index contributed by atoms with van der Waals surface area (Å²) in [4.78, 5) is 22.4.